The Hall–Kier alpha value is -1.89. The number of ether oxygens (including phenoxy) is 1. The highest BCUT2D eigenvalue weighted by Gasteiger charge is 2.36. The van der Waals surface area contributed by atoms with Gasteiger partial charge < -0.3 is 20.8 Å². The van der Waals surface area contributed by atoms with Crippen LogP contribution < -0.4 is 11.4 Å². The molecule has 2 aromatic heterocycles. The Morgan fingerprint density at radius 3 is 2.95 bits per heavy atom. The third-order valence-corrected chi connectivity index (χ3v) is 3.88. The van der Waals surface area contributed by atoms with Gasteiger partial charge in [0.2, 0.25) is 0 Å². The number of nitrogens with zero attached hydrogens (tertiary/aromatic N) is 5. The van der Waals surface area contributed by atoms with Crippen molar-refractivity contribution in [1.29, 1.82) is 0 Å². The number of hydrogen-bond donors (Lipinski definition) is 4. The first-order chi connectivity index (χ1) is 10.5. The second-order valence-corrected chi connectivity index (χ2v) is 5.35. The van der Waals surface area contributed by atoms with Gasteiger partial charge in [-0.1, -0.05) is 10.3 Å². The summed E-state index contributed by atoms with van der Waals surface area (Å²) in [7, 11) is 0. The monoisotopic (exact) mass is 373 g/mol. The Kier molecular flexibility index (Phi) is 3.90. The van der Waals surface area contributed by atoms with E-state index in [0.29, 0.717) is 4.73 Å². The molecule has 11 nitrogen and oxygen atoms in total. The highest BCUT2D eigenvalue weighted by atomic mass is 79.9. The number of aliphatic hydroxyl groups excluding tert-OH is 2. The van der Waals surface area contributed by atoms with Crippen molar-refractivity contribution >= 4 is 33.0 Å². The van der Waals surface area contributed by atoms with E-state index in [0.717, 1.165) is 0 Å². The third kappa shape index (κ3) is 2.39. The van der Waals surface area contributed by atoms with E-state index in [-0.39, 0.29) is 30.1 Å². The smallest absolute Gasteiger partial charge is 0.280 e. The first-order valence-corrected chi connectivity index (χ1v) is 7.07. The molecule has 118 valence electrons. The third-order valence-electron chi connectivity index (χ3n) is 3.32. The highest BCUT2D eigenvalue weighted by molar-refractivity contribution is 9.10. The molecule has 1 saturated heterocycles. The van der Waals surface area contributed by atoms with Gasteiger partial charge in [0.15, 0.2) is 15.9 Å². The van der Waals surface area contributed by atoms with Crippen LogP contribution in [0.4, 0.5) is 5.95 Å². The molecule has 1 aliphatic rings. The van der Waals surface area contributed by atoms with Crippen molar-refractivity contribution in [3.8, 4) is 0 Å². The number of nitrogens with one attached hydrogen (secondary N) is 1. The summed E-state index contributed by atoms with van der Waals surface area (Å²) in [6.45, 7) is -0.317. The van der Waals surface area contributed by atoms with E-state index in [4.69, 9.17) is 15.7 Å². The molecule has 0 aromatic carbocycles. The molecule has 0 saturated carbocycles. The molecule has 22 heavy (non-hydrogen) atoms. The Balaban J connectivity index is 2.13. The minimum absolute atomic E-state index is 0.0772. The van der Waals surface area contributed by atoms with E-state index in [1.54, 1.807) is 0 Å². The van der Waals surface area contributed by atoms with Crippen LogP contribution in [0, 0.1) is 0 Å². The molecule has 3 rings (SSSR count). The van der Waals surface area contributed by atoms with Crippen molar-refractivity contribution in [1.82, 2.24) is 19.5 Å². The number of H-pyrrole nitrogens is 1. The van der Waals surface area contributed by atoms with E-state index in [9.17, 15) is 9.90 Å². The maximum absolute atomic E-state index is 12.0. The Morgan fingerprint density at radius 2 is 2.32 bits per heavy atom. The summed E-state index contributed by atoms with van der Waals surface area (Å²) < 4.78 is 7.36. The minimum Gasteiger partial charge on any atom is -0.394 e. The molecule has 0 radical (unpaired) electrons. The topological polar surface area (TPSA) is 164 Å². The van der Waals surface area contributed by atoms with Gasteiger partial charge in [-0.15, -0.1) is 0 Å². The summed E-state index contributed by atoms with van der Waals surface area (Å²) in [5.41, 5.74) is -0.230. The molecule has 1 unspecified atom stereocenters. The number of rotatable bonds is 3. The first kappa shape index (κ1) is 15.0. The molecule has 3 atom stereocenters. The summed E-state index contributed by atoms with van der Waals surface area (Å²) in [6, 6.07) is 0. The van der Waals surface area contributed by atoms with Crippen molar-refractivity contribution < 1.29 is 14.9 Å². The van der Waals surface area contributed by atoms with E-state index < -0.39 is 24.0 Å². The van der Waals surface area contributed by atoms with Crippen LogP contribution in [0.2, 0.25) is 0 Å². The fraction of sp³-hybridized carbons (Fsp3) is 0.500. The molecule has 12 heteroatoms. The fourth-order valence-electron chi connectivity index (χ4n) is 2.34. The molecular weight excluding hydrogens is 362 g/mol. The number of aromatic nitrogens is 4. The molecule has 0 bridgehead atoms. The van der Waals surface area contributed by atoms with E-state index >= 15 is 0 Å². The van der Waals surface area contributed by atoms with Gasteiger partial charge >= 0.3 is 0 Å². The van der Waals surface area contributed by atoms with Crippen LogP contribution in [0.25, 0.3) is 11.2 Å². The van der Waals surface area contributed by atoms with Gasteiger partial charge in [0.1, 0.15) is 12.3 Å². The number of hydrogen-bond acceptors (Lipinski definition) is 8. The average molecular weight is 374 g/mol. The minimum atomic E-state index is -0.829. The Labute approximate surface area is 130 Å². The molecule has 2 aromatic rings. The van der Waals surface area contributed by atoms with Gasteiger partial charge in [-0.05, 0) is 15.9 Å². The van der Waals surface area contributed by atoms with Crippen molar-refractivity contribution in [2.75, 3.05) is 6.61 Å². The molecule has 0 amide bonds. The molecule has 1 aliphatic heterocycles. The lowest BCUT2D eigenvalue weighted by atomic mass is 10.2. The molecule has 3 heterocycles. The predicted octanol–water partition coefficient (Wildman–Crippen LogP) is -0.520. The van der Waals surface area contributed by atoms with Gasteiger partial charge in [-0.2, -0.15) is 4.98 Å². The summed E-state index contributed by atoms with van der Waals surface area (Å²) in [5.74, 6) is 4.88. The number of imidazole rings is 1. The fourth-order valence-corrected chi connectivity index (χ4v) is 2.91. The van der Waals surface area contributed by atoms with Crippen LogP contribution >= 0.6 is 15.9 Å². The maximum atomic E-state index is 12.0. The normalized spacial score (nSPS) is 25.5. The van der Waals surface area contributed by atoms with E-state index in [1.165, 1.54) is 4.57 Å². The molecular formula is C10H12BrN7O4. The number of fused-ring (bicyclic) bond motifs is 1. The Bertz CT molecular complexity index is 787. The quantitative estimate of drug-likeness (QED) is 0.243. The van der Waals surface area contributed by atoms with Crippen molar-refractivity contribution in [2.24, 2.45) is 16.2 Å². The van der Waals surface area contributed by atoms with Gasteiger partial charge in [-0.3, -0.25) is 14.3 Å². The lowest BCUT2D eigenvalue weighted by Crippen LogP contribution is -2.24. The lowest BCUT2D eigenvalue weighted by molar-refractivity contribution is -0.0439. The zero-order valence-corrected chi connectivity index (χ0v) is 12.6. The predicted molar refractivity (Wildman–Crippen MR) is 76.2 cm³/mol. The zero-order chi connectivity index (χ0) is 15.9. The number of halogens is 1. The van der Waals surface area contributed by atoms with Gasteiger partial charge in [-0.25, -0.2) is 4.98 Å². The van der Waals surface area contributed by atoms with Gasteiger partial charge in [0.25, 0.3) is 11.5 Å². The highest BCUT2D eigenvalue weighted by Crippen LogP contribution is 2.33. The summed E-state index contributed by atoms with van der Waals surface area (Å²) in [6.07, 6.45) is -1.95. The first-order valence-electron chi connectivity index (χ1n) is 6.28. The molecule has 0 spiro atoms. The van der Waals surface area contributed by atoms with Crippen molar-refractivity contribution in [2.45, 2.75) is 24.9 Å². The van der Waals surface area contributed by atoms with Crippen LogP contribution in [-0.2, 0) is 4.74 Å². The second-order valence-electron chi connectivity index (χ2n) is 4.64. The zero-order valence-electron chi connectivity index (χ0n) is 11.0. The number of aliphatic hydroxyl groups is 2. The maximum Gasteiger partial charge on any atom is 0.280 e. The summed E-state index contributed by atoms with van der Waals surface area (Å²) in [4.78, 5) is 22.5. The average Bonchev–Trinajstić information content (AvgIpc) is 2.99. The molecule has 5 N–H and O–H groups in total. The summed E-state index contributed by atoms with van der Waals surface area (Å²) in [5, 5.41) is 25.6. The number of nitrogens with two attached hydrogens (primary N) is 1. The van der Waals surface area contributed by atoms with E-state index in [1.807, 2.05) is 0 Å². The Morgan fingerprint density at radius 1 is 1.55 bits per heavy atom. The largest absolute Gasteiger partial charge is 0.394 e. The van der Waals surface area contributed by atoms with Crippen LogP contribution in [0.1, 0.15) is 12.6 Å². The van der Waals surface area contributed by atoms with Crippen LogP contribution in [0.3, 0.4) is 0 Å². The van der Waals surface area contributed by atoms with Crippen molar-refractivity contribution in [3.63, 3.8) is 0 Å². The lowest BCUT2D eigenvalue weighted by Gasteiger charge is -2.14. The molecule has 0 aliphatic carbocycles. The summed E-state index contributed by atoms with van der Waals surface area (Å²) >= 11 is 3.24. The SMILES string of the molecule is NN=Nc1nc2c(nc(Br)n2[C@H]2CC(O)[C@@H](CO)O2)c(=O)[nH]1. The van der Waals surface area contributed by atoms with Crippen LogP contribution in [0.5, 0.6) is 0 Å². The second kappa shape index (κ2) is 5.72. The van der Waals surface area contributed by atoms with Gasteiger partial charge in [0.05, 0.1) is 12.7 Å². The number of aromatic amines is 1. The van der Waals surface area contributed by atoms with Gasteiger partial charge in [0, 0.05) is 6.42 Å². The van der Waals surface area contributed by atoms with Crippen LogP contribution in [-0.4, -0.2) is 48.5 Å². The van der Waals surface area contributed by atoms with E-state index in [2.05, 4.69) is 41.2 Å². The molecule has 1 fully saturated rings. The van der Waals surface area contributed by atoms with Crippen molar-refractivity contribution in [3.05, 3.63) is 15.1 Å². The van der Waals surface area contributed by atoms with Crippen LogP contribution in [0.15, 0.2) is 19.9 Å². The standard InChI is InChI=1S/C10H12BrN7O4/c11-9-13-6-7(14-10(16-17-12)15-8(6)21)18(9)5-1-3(20)4(2-19)22-5/h3-5,19-20H,1-2H2,(H3,12,14,15,16,21)/t3?,4-,5-/m1/s1.